The first-order valence-corrected chi connectivity index (χ1v) is 7.26. The first kappa shape index (κ1) is 12.8. The van der Waals surface area contributed by atoms with E-state index in [0.29, 0.717) is 0 Å². The Hall–Kier alpha value is -2.88. The van der Waals surface area contributed by atoms with Gasteiger partial charge in [0.05, 0.1) is 16.7 Å². The number of aromatic nitrogens is 4. The van der Waals surface area contributed by atoms with Gasteiger partial charge in [-0.25, -0.2) is 9.67 Å². The fraction of sp³-hybridized carbons (Fsp3) is 0.111. The van der Waals surface area contributed by atoms with Crippen molar-refractivity contribution >= 4 is 11.0 Å². The predicted molar refractivity (Wildman–Crippen MR) is 88.0 cm³/mol. The minimum absolute atomic E-state index is 0.967. The van der Waals surface area contributed by atoms with Gasteiger partial charge in [0.15, 0.2) is 0 Å². The molecule has 0 fully saturated rings. The Balaban J connectivity index is 1.88. The van der Waals surface area contributed by atoms with E-state index in [1.165, 1.54) is 5.56 Å². The lowest BCUT2D eigenvalue weighted by Gasteiger charge is -2.06. The molecule has 0 saturated heterocycles. The van der Waals surface area contributed by atoms with Gasteiger partial charge in [0.25, 0.3) is 0 Å². The second-order valence-corrected chi connectivity index (χ2v) is 5.49. The average Bonchev–Trinajstić information content (AvgIpc) is 3.16. The van der Waals surface area contributed by atoms with Crippen LogP contribution >= 0.6 is 0 Å². The molecule has 0 spiro atoms. The van der Waals surface area contributed by atoms with Crippen LogP contribution in [0.4, 0.5) is 0 Å². The topological polar surface area (TPSA) is 35.6 Å². The van der Waals surface area contributed by atoms with E-state index in [-0.39, 0.29) is 0 Å². The number of rotatable bonds is 2. The van der Waals surface area contributed by atoms with Crippen LogP contribution in [0.1, 0.15) is 5.56 Å². The van der Waals surface area contributed by atoms with Gasteiger partial charge in [0.1, 0.15) is 5.82 Å². The highest BCUT2D eigenvalue weighted by Gasteiger charge is 2.10. The molecule has 0 atom stereocenters. The van der Waals surface area contributed by atoms with E-state index in [2.05, 4.69) is 54.0 Å². The number of hydrogen-bond acceptors (Lipinski definition) is 2. The van der Waals surface area contributed by atoms with Gasteiger partial charge in [-0.3, -0.25) is 0 Å². The van der Waals surface area contributed by atoms with E-state index in [9.17, 15) is 0 Å². The Bertz CT molecular complexity index is 949. The Morgan fingerprint density at radius 3 is 2.73 bits per heavy atom. The second-order valence-electron chi connectivity index (χ2n) is 5.49. The molecule has 4 rings (SSSR count). The van der Waals surface area contributed by atoms with Crippen LogP contribution in [0.2, 0.25) is 0 Å². The van der Waals surface area contributed by atoms with Crippen molar-refractivity contribution in [2.24, 2.45) is 7.05 Å². The highest BCUT2D eigenvalue weighted by Crippen LogP contribution is 2.25. The van der Waals surface area contributed by atoms with Gasteiger partial charge < -0.3 is 4.57 Å². The van der Waals surface area contributed by atoms with Crippen LogP contribution in [0.5, 0.6) is 0 Å². The fourth-order valence-electron chi connectivity index (χ4n) is 2.78. The van der Waals surface area contributed by atoms with Crippen molar-refractivity contribution in [1.29, 1.82) is 0 Å². The molecule has 2 aromatic carbocycles. The van der Waals surface area contributed by atoms with Crippen LogP contribution in [-0.4, -0.2) is 19.3 Å². The standard InChI is InChI=1S/C18H16N4/c1-13-7-8-17-16(11-13)20-18(21(17)2)14-5-3-6-15(12-14)22-10-4-9-19-22/h3-12H,1-2H3. The zero-order chi connectivity index (χ0) is 15.1. The summed E-state index contributed by atoms with van der Waals surface area (Å²) in [5, 5.41) is 4.29. The van der Waals surface area contributed by atoms with Crippen LogP contribution in [0, 0.1) is 6.92 Å². The Kier molecular flexibility index (Phi) is 2.82. The maximum Gasteiger partial charge on any atom is 0.140 e. The summed E-state index contributed by atoms with van der Waals surface area (Å²) in [6, 6.07) is 16.6. The van der Waals surface area contributed by atoms with Gasteiger partial charge in [-0.1, -0.05) is 18.2 Å². The normalized spacial score (nSPS) is 11.2. The van der Waals surface area contributed by atoms with E-state index in [4.69, 9.17) is 4.98 Å². The van der Waals surface area contributed by atoms with Crippen LogP contribution in [-0.2, 0) is 7.05 Å². The summed E-state index contributed by atoms with van der Waals surface area (Å²) < 4.78 is 3.99. The van der Waals surface area contributed by atoms with E-state index in [1.54, 1.807) is 6.20 Å². The summed E-state index contributed by atoms with van der Waals surface area (Å²) in [6.45, 7) is 2.09. The SMILES string of the molecule is Cc1ccc2c(c1)nc(-c1cccc(-n3cccn3)c1)n2C. The molecular formula is C18H16N4. The zero-order valence-electron chi connectivity index (χ0n) is 12.6. The van der Waals surface area contributed by atoms with Crippen molar-refractivity contribution < 1.29 is 0 Å². The van der Waals surface area contributed by atoms with E-state index < -0.39 is 0 Å². The number of aryl methyl sites for hydroxylation is 2. The molecule has 4 aromatic rings. The molecule has 0 aliphatic heterocycles. The van der Waals surface area contributed by atoms with Crippen LogP contribution in [0.3, 0.4) is 0 Å². The lowest BCUT2D eigenvalue weighted by molar-refractivity contribution is 0.879. The second kappa shape index (κ2) is 4.84. The third kappa shape index (κ3) is 2.00. The molecule has 0 amide bonds. The molecule has 22 heavy (non-hydrogen) atoms. The third-order valence-corrected chi connectivity index (χ3v) is 3.91. The number of imidazole rings is 1. The van der Waals surface area contributed by atoms with Crippen molar-refractivity contribution in [2.45, 2.75) is 6.92 Å². The molecule has 0 saturated carbocycles. The maximum absolute atomic E-state index is 4.80. The number of hydrogen-bond donors (Lipinski definition) is 0. The average molecular weight is 288 g/mol. The summed E-state index contributed by atoms with van der Waals surface area (Å²) in [4.78, 5) is 4.80. The maximum atomic E-state index is 4.80. The lowest BCUT2D eigenvalue weighted by Crippen LogP contribution is -1.96. The number of benzene rings is 2. The van der Waals surface area contributed by atoms with Gasteiger partial charge in [0.2, 0.25) is 0 Å². The zero-order valence-corrected chi connectivity index (χ0v) is 12.6. The number of nitrogens with zero attached hydrogens (tertiary/aromatic N) is 4. The highest BCUT2D eigenvalue weighted by molar-refractivity contribution is 5.81. The summed E-state index contributed by atoms with van der Waals surface area (Å²) in [5.74, 6) is 0.967. The van der Waals surface area contributed by atoms with Gasteiger partial charge >= 0.3 is 0 Å². The summed E-state index contributed by atoms with van der Waals surface area (Å²) >= 11 is 0. The Labute approximate surface area is 128 Å². The van der Waals surface area contributed by atoms with Crippen molar-refractivity contribution in [3.63, 3.8) is 0 Å². The molecule has 108 valence electrons. The smallest absolute Gasteiger partial charge is 0.140 e. The third-order valence-electron chi connectivity index (χ3n) is 3.91. The summed E-state index contributed by atoms with van der Waals surface area (Å²) in [6.07, 6.45) is 3.72. The van der Waals surface area contributed by atoms with Crippen molar-refractivity contribution in [3.05, 3.63) is 66.5 Å². The van der Waals surface area contributed by atoms with Crippen LogP contribution in [0.25, 0.3) is 28.1 Å². The Morgan fingerprint density at radius 2 is 1.91 bits per heavy atom. The molecule has 4 nitrogen and oxygen atoms in total. The van der Waals surface area contributed by atoms with E-state index >= 15 is 0 Å². The molecule has 0 radical (unpaired) electrons. The van der Waals surface area contributed by atoms with Crippen LogP contribution < -0.4 is 0 Å². The first-order valence-electron chi connectivity index (χ1n) is 7.26. The molecule has 0 bridgehead atoms. The minimum atomic E-state index is 0.967. The fourth-order valence-corrected chi connectivity index (χ4v) is 2.78. The highest BCUT2D eigenvalue weighted by atomic mass is 15.3. The lowest BCUT2D eigenvalue weighted by atomic mass is 10.2. The Morgan fingerprint density at radius 1 is 1.00 bits per heavy atom. The summed E-state index contributed by atoms with van der Waals surface area (Å²) in [5.41, 5.74) is 5.52. The van der Waals surface area contributed by atoms with Crippen molar-refractivity contribution in [1.82, 2.24) is 19.3 Å². The first-order chi connectivity index (χ1) is 10.7. The summed E-state index contributed by atoms with van der Waals surface area (Å²) in [7, 11) is 2.06. The molecule has 0 aliphatic rings. The minimum Gasteiger partial charge on any atom is -0.327 e. The number of fused-ring (bicyclic) bond motifs is 1. The van der Waals surface area contributed by atoms with Gasteiger partial charge in [-0.15, -0.1) is 0 Å². The molecule has 0 N–H and O–H groups in total. The molecule has 4 heteroatoms. The molecule has 2 aromatic heterocycles. The van der Waals surface area contributed by atoms with E-state index in [1.807, 2.05) is 29.1 Å². The monoisotopic (exact) mass is 288 g/mol. The quantitative estimate of drug-likeness (QED) is 0.563. The molecule has 0 unspecified atom stereocenters. The molecule has 2 heterocycles. The van der Waals surface area contributed by atoms with Gasteiger partial charge in [-0.05, 0) is 42.8 Å². The van der Waals surface area contributed by atoms with Crippen LogP contribution in [0.15, 0.2) is 60.9 Å². The molecular weight excluding hydrogens is 272 g/mol. The molecule has 0 aliphatic carbocycles. The van der Waals surface area contributed by atoms with E-state index in [0.717, 1.165) is 28.1 Å². The van der Waals surface area contributed by atoms with Gasteiger partial charge in [-0.2, -0.15) is 5.10 Å². The van der Waals surface area contributed by atoms with Gasteiger partial charge in [0, 0.05) is 25.0 Å². The largest absolute Gasteiger partial charge is 0.327 e. The van der Waals surface area contributed by atoms with Crippen molar-refractivity contribution in [2.75, 3.05) is 0 Å². The van der Waals surface area contributed by atoms with Crippen molar-refractivity contribution in [3.8, 4) is 17.1 Å². The predicted octanol–water partition coefficient (Wildman–Crippen LogP) is 3.73.